The fourth-order valence-electron chi connectivity index (χ4n) is 4.05. The molecule has 1 aromatic carbocycles. The minimum atomic E-state index is -0.154. The van der Waals surface area contributed by atoms with E-state index in [1.54, 1.807) is 0 Å². The minimum absolute atomic E-state index is 0.0296. The van der Waals surface area contributed by atoms with E-state index in [2.05, 4.69) is 15.5 Å². The molecule has 7 heteroatoms. The Kier molecular flexibility index (Phi) is 7.89. The first-order valence-corrected chi connectivity index (χ1v) is 10.8. The minimum Gasteiger partial charge on any atom is -0.372 e. The van der Waals surface area contributed by atoms with E-state index in [9.17, 15) is 9.59 Å². The number of likely N-dealkylation sites (tertiary alicyclic amines) is 1. The number of amides is 3. The lowest BCUT2D eigenvalue weighted by Crippen LogP contribution is -2.48. The predicted molar refractivity (Wildman–Crippen MR) is 113 cm³/mol. The SMILES string of the molecule is C[C@H]1CN(C(=O)c2ccc(CNC(=O)NCCN3CCCCC3)cc2)C[C@H](C)O1. The normalized spacial score (nSPS) is 22.9. The molecule has 1 aromatic rings. The molecule has 7 nitrogen and oxygen atoms in total. The van der Waals surface area contributed by atoms with Gasteiger partial charge in [0.2, 0.25) is 0 Å². The van der Waals surface area contributed by atoms with E-state index in [4.69, 9.17) is 4.74 Å². The quantitative estimate of drug-likeness (QED) is 0.765. The molecule has 2 aliphatic heterocycles. The number of ether oxygens (including phenoxy) is 1. The third-order valence-corrected chi connectivity index (χ3v) is 5.52. The zero-order valence-corrected chi connectivity index (χ0v) is 17.7. The highest BCUT2D eigenvalue weighted by Crippen LogP contribution is 2.15. The van der Waals surface area contributed by atoms with E-state index in [-0.39, 0.29) is 24.1 Å². The standard InChI is InChI=1S/C22H34N4O3/c1-17-15-26(16-18(2)29-17)21(27)20-8-6-19(7-9-20)14-24-22(28)23-10-13-25-11-4-3-5-12-25/h6-9,17-18H,3-5,10-16H2,1-2H3,(H2,23,24,28)/t17-,18-/m0/s1. The molecule has 29 heavy (non-hydrogen) atoms. The lowest BCUT2D eigenvalue weighted by atomic mass is 10.1. The summed E-state index contributed by atoms with van der Waals surface area (Å²) in [5.74, 6) is 0.0296. The van der Waals surface area contributed by atoms with Crippen molar-refractivity contribution in [1.29, 1.82) is 0 Å². The Balaban J connectivity index is 1.39. The molecule has 0 bridgehead atoms. The van der Waals surface area contributed by atoms with Gasteiger partial charge in [0, 0.05) is 38.3 Å². The van der Waals surface area contributed by atoms with E-state index in [1.165, 1.54) is 19.3 Å². The first-order chi connectivity index (χ1) is 14.0. The fourth-order valence-corrected chi connectivity index (χ4v) is 4.05. The Morgan fingerprint density at radius 1 is 1.00 bits per heavy atom. The number of carbonyl (C=O) groups excluding carboxylic acids is 2. The Hall–Kier alpha value is -2.12. The monoisotopic (exact) mass is 402 g/mol. The van der Waals surface area contributed by atoms with E-state index >= 15 is 0 Å². The zero-order chi connectivity index (χ0) is 20.6. The first kappa shape index (κ1) is 21.6. The maximum atomic E-state index is 12.7. The summed E-state index contributed by atoms with van der Waals surface area (Å²) >= 11 is 0. The van der Waals surface area contributed by atoms with Crippen molar-refractivity contribution in [2.75, 3.05) is 39.3 Å². The number of nitrogens with zero attached hydrogens (tertiary/aromatic N) is 2. The third kappa shape index (κ3) is 6.72. The van der Waals surface area contributed by atoms with Gasteiger partial charge in [-0.2, -0.15) is 0 Å². The van der Waals surface area contributed by atoms with Crippen LogP contribution in [-0.4, -0.2) is 73.2 Å². The molecule has 2 aliphatic rings. The Morgan fingerprint density at radius 3 is 2.31 bits per heavy atom. The molecule has 3 amide bonds. The van der Waals surface area contributed by atoms with Gasteiger partial charge < -0.3 is 25.2 Å². The highest BCUT2D eigenvalue weighted by molar-refractivity contribution is 5.94. The van der Waals surface area contributed by atoms with Crippen LogP contribution >= 0.6 is 0 Å². The molecular weight excluding hydrogens is 368 g/mol. The van der Waals surface area contributed by atoms with Gasteiger partial charge in [-0.15, -0.1) is 0 Å². The van der Waals surface area contributed by atoms with E-state index < -0.39 is 0 Å². The second-order valence-electron chi connectivity index (χ2n) is 8.18. The van der Waals surface area contributed by atoms with Crippen molar-refractivity contribution in [3.63, 3.8) is 0 Å². The summed E-state index contributed by atoms with van der Waals surface area (Å²) in [4.78, 5) is 28.9. The molecule has 0 aromatic heterocycles. The van der Waals surface area contributed by atoms with Gasteiger partial charge >= 0.3 is 6.03 Å². The van der Waals surface area contributed by atoms with Gasteiger partial charge in [-0.1, -0.05) is 18.6 Å². The maximum Gasteiger partial charge on any atom is 0.315 e. The smallest absolute Gasteiger partial charge is 0.315 e. The number of benzene rings is 1. The van der Waals surface area contributed by atoms with Crippen LogP contribution in [0.3, 0.4) is 0 Å². The second kappa shape index (κ2) is 10.6. The Morgan fingerprint density at radius 2 is 1.66 bits per heavy atom. The van der Waals surface area contributed by atoms with Gasteiger partial charge in [-0.25, -0.2) is 4.79 Å². The van der Waals surface area contributed by atoms with E-state index in [0.29, 0.717) is 31.7 Å². The molecule has 160 valence electrons. The maximum absolute atomic E-state index is 12.7. The topological polar surface area (TPSA) is 73.9 Å². The number of nitrogens with one attached hydrogen (secondary N) is 2. The average Bonchev–Trinajstić information content (AvgIpc) is 2.72. The van der Waals surface area contributed by atoms with Crippen molar-refractivity contribution in [1.82, 2.24) is 20.4 Å². The molecule has 0 unspecified atom stereocenters. The molecule has 3 rings (SSSR count). The zero-order valence-electron chi connectivity index (χ0n) is 17.7. The lowest BCUT2D eigenvalue weighted by Gasteiger charge is -2.35. The fraction of sp³-hybridized carbons (Fsp3) is 0.636. The van der Waals surface area contributed by atoms with Gasteiger partial charge in [0.15, 0.2) is 0 Å². The van der Waals surface area contributed by atoms with Crippen LogP contribution in [0.25, 0.3) is 0 Å². The molecule has 0 radical (unpaired) electrons. The largest absolute Gasteiger partial charge is 0.372 e. The summed E-state index contributed by atoms with van der Waals surface area (Å²) in [7, 11) is 0. The molecule has 2 N–H and O–H groups in total. The number of carbonyl (C=O) groups is 2. The highest BCUT2D eigenvalue weighted by Gasteiger charge is 2.26. The number of piperidine rings is 1. The number of hydrogen-bond acceptors (Lipinski definition) is 4. The Bertz CT molecular complexity index is 663. The van der Waals surface area contributed by atoms with Gasteiger partial charge in [0.25, 0.3) is 5.91 Å². The van der Waals surface area contributed by atoms with Crippen LogP contribution in [0, 0.1) is 0 Å². The Labute approximate surface area is 173 Å². The van der Waals surface area contributed by atoms with Gasteiger partial charge in [0.1, 0.15) is 0 Å². The van der Waals surface area contributed by atoms with Crippen LogP contribution in [0.1, 0.15) is 49.0 Å². The predicted octanol–water partition coefficient (Wildman–Crippen LogP) is 2.22. The van der Waals surface area contributed by atoms with E-state index in [0.717, 1.165) is 25.2 Å². The average molecular weight is 403 g/mol. The molecule has 2 atom stereocenters. The third-order valence-electron chi connectivity index (χ3n) is 5.52. The molecule has 2 fully saturated rings. The molecule has 0 saturated carbocycles. The summed E-state index contributed by atoms with van der Waals surface area (Å²) in [6.07, 6.45) is 3.95. The van der Waals surface area contributed by atoms with Crippen LogP contribution < -0.4 is 10.6 Å². The molecule has 0 aliphatic carbocycles. The summed E-state index contributed by atoms with van der Waals surface area (Å²) in [6.45, 7) is 9.49. The van der Waals surface area contributed by atoms with Gasteiger partial charge in [-0.3, -0.25) is 4.79 Å². The van der Waals surface area contributed by atoms with Gasteiger partial charge in [-0.05, 0) is 57.5 Å². The summed E-state index contributed by atoms with van der Waals surface area (Å²) in [5.41, 5.74) is 1.64. The molecular formula is C22H34N4O3. The van der Waals surface area contributed by atoms with Gasteiger partial charge in [0.05, 0.1) is 12.2 Å². The lowest BCUT2D eigenvalue weighted by molar-refractivity contribution is -0.0586. The van der Waals surface area contributed by atoms with Crippen molar-refractivity contribution < 1.29 is 14.3 Å². The highest BCUT2D eigenvalue weighted by atomic mass is 16.5. The van der Waals surface area contributed by atoms with Crippen LogP contribution in [0.5, 0.6) is 0 Å². The van der Waals surface area contributed by atoms with Crippen molar-refractivity contribution in [3.05, 3.63) is 35.4 Å². The van der Waals surface area contributed by atoms with Crippen LogP contribution in [0.15, 0.2) is 24.3 Å². The summed E-state index contributed by atoms with van der Waals surface area (Å²) in [5, 5.41) is 5.80. The molecule has 2 heterocycles. The van der Waals surface area contributed by atoms with Crippen molar-refractivity contribution >= 4 is 11.9 Å². The van der Waals surface area contributed by atoms with Crippen LogP contribution in [0.2, 0.25) is 0 Å². The van der Waals surface area contributed by atoms with Crippen molar-refractivity contribution in [3.8, 4) is 0 Å². The number of morpholine rings is 1. The van der Waals surface area contributed by atoms with Crippen LogP contribution in [0.4, 0.5) is 4.79 Å². The van der Waals surface area contributed by atoms with Crippen LogP contribution in [-0.2, 0) is 11.3 Å². The molecule has 0 spiro atoms. The van der Waals surface area contributed by atoms with Crippen molar-refractivity contribution in [2.45, 2.75) is 51.9 Å². The number of urea groups is 1. The number of rotatable bonds is 6. The summed E-state index contributed by atoms with van der Waals surface area (Å²) < 4.78 is 5.70. The second-order valence-corrected chi connectivity index (χ2v) is 8.18. The first-order valence-electron chi connectivity index (χ1n) is 10.8. The summed E-state index contributed by atoms with van der Waals surface area (Å²) in [6, 6.07) is 7.30. The molecule has 2 saturated heterocycles. The number of hydrogen-bond donors (Lipinski definition) is 2. The van der Waals surface area contributed by atoms with Crippen molar-refractivity contribution in [2.24, 2.45) is 0 Å². The van der Waals surface area contributed by atoms with E-state index in [1.807, 2.05) is 43.0 Å².